The highest BCUT2D eigenvalue weighted by Crippen LogP contribution is 2.23. The van der Waals surface area contributed by atoms with Crippen molar-refractivity contribution in [3.05, 3.63) is 46.2 Å². The summed E-state index contributed by atoms with van der Waals surface area (Å²) in [6.45, 7) is 2.01. The van der Waals surface area contributed by atoms with E-state index in [4.69, 9.17) is 17.4 Å². The van der Waals surface area contributed by atoms with E-state index in [0.29, 0.717) is 6.42 Å². The molecule has 4 nitrogen and oxygen atoms in total. The van der Waals surface area contributed by atoms with Crippen molar-refractivity contribution < 1.29 is 0 Å². The van der Waals surface area contributed by atoms with Gasteiger partial charge in [0.2, 0.25) is 0 Å². The van der Waals surface area contributed by atoms with Gasteiger partial charge in [0, 0.05) is 5.02 Å². The van der Waals surface area contributed by atoms with Crippen LogP contribution in [-0.4, -0.2) is 8.75 Å². The minimum absolute atomic E-state index is 0.0612. The van der Waals surface area contributed by atoms with Crippen LogP contribution < -0.4 is 11.3 Å². The van der Waals surface area contributed by atoms with Gasteiger partial charge >= 0.3 is 0 Å². The highest BCUT2D eigenvalue weighted by Gasteiger charge is 2.14. The first-order valence-electron chi connectivity index (χ1n) is 5.19. The molecule has 0 bridgehead atoms. The second-order valence-corrected chi connectivity index (χ2v) is 4.81. The molecule has 17 heavy (non-hydrogen) atoms. The molecule has 0 aliphatic carbocycles. The number of nitrogens with one attached hydrogen (secondary N) is 1. The molecule has 0 aliphatic heterocycles. The molecule has 3 N–H and O–H groups in total. The summed E-state index contributed by atoms with van der Waals surface area (Å²) in [5.41, 5.74) is 5.78. The Balaban J connectivity index is 2.19. The van der Waals surface area contributed by atoms with E-state index in [1.807, 2.05) is 25.1 Å². The second kappa shape index (κ2) is 5.55. The maximum atomic E-state index is 6.19. The van der Waals surface area contributed by atoms with Gasteiger partial charge in [0.1, 0.15) is 0 Å². The van der Waals surface area contributed by atoms with Gasteiger partial charge in [0.15, 0.2) is 0 Å². The molecule has 1 unspecified atom stereocenters. The zero-order valence-electron chi connectivity index (χ0n) is 9.35. The largest absolute Gasteiger partial charge is 0.271 e. The summed E-state index contributed by atoms with van der Waals surface area (Å²) in [7, 11) is 0. The summed E-state index contributed by atoms with van der Waals surface area (Å²) in [4.78, 5) is 0. The molecule has 0 fully saturated rings. The van der Waals surface area contributed by atoms with E-state index in [0.717, 1.165) is 21.8 Å². The van der Waals surface area contributed by atoms with E-state index < -0.39 is 0 Å². The quantitative estimate of drug-likeness (QED) is 0.659. The van der Waals surface area contributed by atoms with Crippen LogP contribution in [0.3, 0.4) is 0 Å². The van der Waals surface area contributed by atoms with Crippen LogP contribution in [0.15, 0.2) is 24.4 Å². The molecule has 6 heteroatoms. The topological polar surface area (TPSA) is 63.8 Å². The van der Waals surface area contributed by atoms with Gasteiger partial charge < -0.3 is 0 Å². The number of rotatable bonds is 4. The van der Waals surface area contributed by atoms with Gasteiger partial charge in [-0.05, 0) is 30.5 Å². The minimum Gasteiger partial charge on any atom is -0.271 e. The summed E-state index contributed by atoms with van der Waals surface area (Å²) in [5.74, 6) is 5.54. The number of aromatic nitrogens is 2. The molecule has 2 aromatic rings. The first-order chi connectivity index (χ1) is 8.20. The molecule has 0 saturated heterocycles. The van der Waals surface area contributed by atoms with Crippen LogP contribution in [-0.2, 0) is 6.42 Å². The highest BCUT2D eigenvalue weighted by atomic mass is 35.5. The van der Waals surface area contributed by atoms with Gasteiger partial charge in [-0.15, -0.1) is 0 Å². The normalized spacial score (nSPS) is 12.6. The maximum absolute atomic E-state index is 6.19. The average Bonchev–Trinajstić information content (AvgIpc) is 2.81. The van der Waals surface area contributed by atoms with Crippen LogP contribution in [0.1, 0.15) is 22.9 Å². The summed E-state index contributed by atoms with van der Waals surface area (Å²) in [6.07, 6.45) is 2.41. The Morgan fingerprint density at radius 1 is 1.53 bits per heavy atom. The van der Waals surface area contributed by atoms with Crippen molar-refractivity contribution in [2.45, 2.75) is 19.4 Å². The number of nitrogens with zero attached hydrogens (tertiary/aromatic N) is 2. The van der Waals surface area contributed by atoms with Gasteiger partial charge in [-0.1, -0.05) is 23.7 Å². The van der Waals surface area contributed by atoms with Gasteiger partial charge in [0.25, 0.3) is 0 Å². The van der Waals surface area contributed by atoms with E-state index in [1.165, 1.54) is 11.7 Å². The van der Waals surface area contributed by atoms with Crippen molar-refractivity contribution in [1.82, 2.24) is 14.2 Å². The van der Waals surface area contributed by atoms with Crippen LogP contribution in [0.2, 0.25) is 5.02 Å². The van der Waals surface area contributed by atoms with Crippen LogP contribution in [0.5, 0.6) is 0 Å². The van der Waals surface area contributed by atoms with Crippen LogP contribution in [0, 0.1) is 6.92 Å². The fraction of sp³-hybridized carbons (Fsp3) is 0.273. The molecule has 0 radical (unpaired) electrons. The third-order valence-corrected chi connectivity index (χ3v) is 3.41. The lowest BCUT2D eigenvalue weighted by Gasteiger charge is -2.14. The van der Waals surface area contributed by atoms with E-state index in [2.05, 4.69) is 14.2 Å². The van der Waals surface area contributed by atoms with Crippen molar-refractivity contribution >= 4 is 23.3 Å². The molecule has 1 aromatic heterocycles. The molecule has 0 amide bonds. The predicted octanol–water partition coefficient (Wildman–Crippen LogP) is 2.25. The van der Waals surface area contributed by atoms with Crippen LogP contribution >= 0.6 is 23.3 Å². The van der Waals surface area contributed by atoms with Crippen LogP contribution in [0.4, 0.5) is 0 Å². The molecule has 0 spiro atoms. The summed E-state index contributed by atoms with van der Waals surface area (Å²) >= 11 is 7.36. The fourth-order valence-electron chi connectivity index (χ4n) is 1.61. The number of hydrogen-bond acceptors (Lipinski definition) is 5. The van der Waals surface area contributed by atoms with Crippen molar-refractivity contribution in [3.8, 4) is 0 Å². The third kappa shape index (κ3) is 3.01. The lowest BCUT2D eigenvalue weighted by atomic mass is 10.0. The lowest BCUT2D eigenvalue weighted by Crippen LogP contribution is -2.29. The Hall–Kier alpha value is -1.01. The first kappa shape index (κ1) is 12.4. The zero-order valence-corrected chi connectivity index (χ0v) is 10.9. The molecule has 90 valence electrons. The van der Waals surface area contributed by atoms with E-state index in [-0.39, 0.29) is 6.04 Å². The Morgan fingerprint density at radius 3 is 2.94 bits per heavy atom. The minimum atomic E-state index is -0.0612. The van der Waals surface area contributed by atoms with Crippen LogP contribution in [0.25, 0.3) is 0 Å². The average molecular weight is 269 g/mol. The molecule has 1 aromatic carbocycles. The van der Waals surface area contributed by atoms with Gasteiger partial charge in [-0.25, -0.2) is 0 Å². The predicted molar refractivity (Wildman–Crippen MR) is 69.9 cm³/mol. The zero-order chi connectivity index (χ0) is 12.3. The summed E-state index contributed by atoms with van der Waals surface area (Å²) in [5, 5.41) is 0.758. The molecular weight excluding hydrogens is 256 g/mol. The van der Waals surface area contributed by atoms with Gasteiger partial charge in [-0.3, -0.25) is 11.3 Å². The fourth-order valence-corrected chi connectivity index (χ4v) is 2.40. The second-order valence-electron chi connectivity index (χ2n) is 3.85. The highest BCUT2D eigenvalue weighted by molar-refractivity contribution is 6.99. The molecule has 0 saturated carbocycles. The summed E-state index contributed by atoms with van der Waals surface area (Å²) < 4.78 is 8.15. The van der Waals surface area contributed by atoms with Gasteiger partial charge in [0.05, 0.1) is 29.7 Å². The number of hydrogen-bond donors (Lipinski definition) is 2. The first-order valence-corrected chi connectivity index (χ1v) is 6.30. The lowest BCUT2D eigenvalue weighted by molar-refractivity contribution is 0.542. The SMILES string of the molecule is Cc1ccc(CC(NN)c2cnsn2)c(Cl)c1. The maximum Gasteiger partial charge on any atom is 0.0929 e. The monoisotopic (exact) mass is 268 g/mol. The molecular formula is C11H13ClN4S. The van der Waals surface area contributed by atoms with E-state index in [9.17, 15) is 0 Å². The van der Waals surface area contributed by atoms with Crippen molar-refractivity contribution in [2.75, 3.05) is 0 Å². The number of halogens is 1. The smallest absolute Gasteiger partial charge is 0.0929 e. The van der Waals surface area contributed by atoms with E-state index in [1.54, 1.807) is 6.20 Å². The van der Waals surface area contributed by atoms with Crippen molar-refractivity contribution in [3.63, 3.8) is 0 Å². The Morgan fingerprint density at radius 2 is 2.35 bits per heavy atom. The Labute approximate surface area is 109 Å². The molecule has 2 rings (SSSR count). The van der Waals surface area contributed by atoms with Crippen molar-refractivity contribution in [1.29, 1.82) is 0 Å². The Bertz CT molecular complexity index is 486. The molecule has 1 atom stereocenters. The number of benzene rings is 1. The van der Waals surface area contributed by atoms with E-state index >= 15 is 0 Å². The molecule has 1 heterocycles. The van der Waals surface area contributed by atoms with Crippen molar-refractivity contribution in [2.24, 2.45) is 5.84 Å². The molecule has 0 aliphatic rings. The summed E-state index contributed by atoms with van der Waals surface area (Å²) in [6, 6.07) is 5.94. The Kier molecular flexibility index (Phi) is 4.06. The number of nitrogens with two attached hydrogens (primary N) is 1. The van der Waals surface area contributed by atoms with Gasteiger partial charge in [-0.2, -0.15) is 8.75 Å². The number of hydrazine groups is 1. The number of aryl methyl sites for hydroxylation is 1. The standard InChI is InChI=1S/C11H13ClN4S/c1-7-2-3-8(9(12)4-7)5-10(15-13)11-6-14-17-16-11/h2-4,6,10,15H,5,13H2,1H3. The third-order valence-electron chi connectivity index (χ3n) is 2.57.